The molecule has 2 amide bonds. The fraction of sp³-hybridized carbons (Fsp3) is 0.400. The third-order valence-electron chi connectivity index (χ3n) is 2.06. The first-order valence-corrected chi connectivity index (χ1v) is 5.87. The van der Waals surface area contributed by atoms with Gasteiger partial charge >= 0.3 is 12.0 Å². The van der Waals surface area contributed by atoms with E-state index in [4.69, 9.17) is 10.2 Å². The van der Waals surface area contributed by atoms with Gasteiger partial charge in [-0.1, -0.05) is 6.07 Å². The Morgan fingerprint density at radius 1 is 1.53 bits per heavy atom. The highest BCUT2D eigenvalue weighted by Gasteiger charge is 2.15. The minimum atomic E-state index is -1.59. The second kappa shape index (κ2) is 6.21. The number of carbonyl (C=O) groups excluding carboxylic acids is 1. The molecular weight excluding hydrogens is 244 g/mol. The predicted octanol–water partition coefficient (Wildman–Crippen LogP) is 0.554. The average molecular weight is 258 g/mol. The number of rotatable bonds is 5. The Hall–Kier alpha value is -1.60. The Labute approximate surface area is 102 Å². The first kappa shape index (κ1) is 13.5. The molecule has 0 radical (unpaired) electrons. The number of hydrogen-bond donors (Lipinski definition) is 4. The van der Waals surface area contributed by atoms with Gasteiger partial charge < -0.3 is 20.8 Å². The summed E-state index contributed by atoms with van der Waals surface area (Å²) in [5, 5.41) is 24.2. The quantitative estimate of drug-likeness (QED) is 0.620. The van der Waals surface area contributed by atoms with E-state index in [1.54, 1.807) is 0 Å². The van der Waals surface area contributed by atoms with E-state index in [2.05, 4.69) is 10.6 Å². The van der Waals surface area contributed by atoms with Gasteiger partial charge in [0, 0.05) is 4.88 Å². The van der Waals surface area contributed by atoms with E-state index < -0.39 is 18.1 Å². The minimum absolute atomic E-state index is 0.156. The highest BCUT2D eigenvalue weighted by molar-refractivity contribution is 7.10. The first-order chi connectivity index (χ1) is 8.00. The minimum Gasteiger partial charge on any atom is -0.479 e. The van der Waals surface area contributed by atoms with Crippen molar-refractivity contribution in [1.29, 1.82) is 0 Å². The molecule has 0 spiro atoms. The summed E-state index contributed by atoms with van der Waals surface area (Å²) in [7, 11) is 0. The molecule has 0 fully saturated rings. The Morgan fingerprint density at radius 3 is 2.76 bits per heavy atom. The smallest absolute Gasteiger partial charge is 0.334 e. The van der Waals surface area contributed by atoms with Gasteiger partial charge in [0.15, 0.2) is 6.10 Å². The second-order valence-electron chi connectivity index (χ2n) is 3.45. The fourth-order valence-corrected chi connectivity index (χ4v) is 1.87. The summed E-state index contributed by atoms with van der Waals surface area (Å²) in [5.41, 5.74) is 0. The van der Waals surface area contributed by atoms with E-state index in [0.29, 0.717) is 0 Å². The zero-order valence-corrected chi connectivity index (χ0v) is 10.0. The number of aliphatic carboxylic acids is 1. The Kier molecular flexibility index (Phi) is 4.92. The number of aliphatic hydroxyl groups is 1. The van der Waals surface area contributed by atoms with Crippen LogP contribution in [0.2, 0.25) is 0 Å². The summed E-state index contributed by atoms with van der Waals surface area (Å²) in [6.07, 6.45) is -1.59. The van der Waals surface area contributed by atoms with Gasteiger partial charge in [-0.05, 0) is 18.4 Å². The molecular formula is C10H14N2O4S. The molecule has 0 aliphatic heterocycles. The average Bonchev–Trinajstić information content (AvgIpc) is 2.78. The van der Waals surface area contributed by atoms with Crippen LogP contribution < -0.4 is 10.6 Å². The number of amides is 2. The van der Waals surface area contributed by atoms with Crippen LogP contribution in [0.4, 0.5) is 4.79 Å². The van der Waals surface area contributed by atoms with E-state index in [0.717, 1.165) is 4.88 Å². The number of thiophene rings is 1. The summed E-state index contributed by atoms with van der Waals surface area (Å²) < 4.78 is 0. The molecule has 0 saturated carbocycles. The van der Waals surface area contributed by atoms with Crippen LogP contribution in [-0.4, -0.2) is 34.9 Å². The van der Waals surface area contributed by atoms with Crippen LogP contribution in [0, 0.1) is 0 Å². The van der Waals surface area contributed by atoms with E-state index in [-0.39, 0.29) is 12.6 Å². The standard InChI is InChI=1S/C10H14N2O4S/c1-6(8-3-2-4-17-8)12-10(16)11-5-7(13)9(14)15/h2-4,6-7,13H,5H2,1H3,(H,14,15)(H2,11,12,16). The normalized spacial score (nSPS) is 13.8. The number of carboxylic acid groups (broad SMARTS) is 1. The zero-order chi connectivity index (χ0) is 12.8. The van der Waals surface area contributed by atoms with Gasteiger partial charge in [-0.3, -0.25) is 0 Å². The number of carboxylic acids is 1. The van der Waals surface area contributed by atoms with Crippen LogP contribution in [0.1, 0.15) is 17.8 Å². The first-order valence-electron chi connectivity index (χ1n) is 4.99. The summed E-state index contributed by atoms with van der Waals surface area (Å²) in [4.78, 5) is 22.7. The maximum atomic E-state index is 11.4. The van der Waals surface area contributed by atoms with E-state index in [9.17, 15) is 9.59 Å². The van der Waals surface area contributed by atoms with Crippen LogP contribution in [0.5, 0.6) is 0 Å². The van der Waals surface area contributed by atoms with Crippen LogP contribution >= 0.6 is 11.3 Å². The van der Waals surface area contributed by atoms with Crippen molar-refractivity contribution in [2.24, 2.45) is 0 Å². The SMILES string of the molecule is CC(NC(=O)NCC(O)C(=O)O)c1cccs1. The molecule has 6 nitrogen and oxygen atoms in total. The molecule has 7 heteroatoms. The van der Waals surface area contributed by atoms with Gasteiger partial charge in [-0.2, -0.15) is 0 Å². The molecule has 0 bridgehead atoms. The van der Waals surface area contributed by atoms with Crippen LogP contribution in [0.25, 0.3) is 0 Å². The molecule has 0 saturated heterocycles. The van der Waals surface area contributed by atoms with Crippen molar-refractivity contribution in [2.45, 2.75) is 19.1 Å². The zero-order valence-electron chi connectivity index (χ0n) is 9.21. The maximum Gasteiger partial charge on any atom is 0.334 e. The lowest BCUT2D eigenvalue weighted by Gasteiger charge is -2.13. The van der Waals surface area contributed by atoms with Crippen molar-refractivity contribution >= 4 is 23.3 Å². The van der Waals surface area contributed by atoms with Crippen molar-refractivity contribution in [2.75, 3.05) is 6.54 Å². The molecule has 2 atom stereocenters. The largest absolute Gasteiger partial charge is 0.479 e. The molecule has 94 valence electrons. The third kappa shape index (κ3) is 4.41. The Morgan fingerprint density at radius 2 is 2.24 bits per heavy atom. The highest BCUT2D eigenvalue weighted by Crippen LogP contribution is 2.17. The molecule has 1 heterocycles. The third-order valence-corrected chi connectivity index (χ3v) is 3.11. The summed E-state index contributed by atoms with van der Waals surface area (Å²) in [5.74, 6) is -1.36. The molecule has 4 N–H and O–H groups in total. The molecule has 1 aromatic rings. The van der Waals surface area contributed by atoms with Crippen molar-refractivity contribution in [1.82, 2.24) is 10.6 Å². The molecule has 0 aliphatic rings. The van der Waals surface area contributed by atoms with Gasteiger partial charge in [0.1, 0.15) is 0 Å². The number of aliphatic hydroxyl groups excluding tert-OH is 1. The lowest BCUT2D eigenvalue weighted by Crippen LogP contribution is -2.42. The molecule has 1 rings (SSSR count). The van der Waals surface area contributed by atoms with Crippen LogP contribution in [0.15, 0.2) is 17.5 Å². The Balaban J connectivity index is 2.32. The summed E-state index contributed by atoms with van der Waals surface area (Å²) in [6, 6.07) is 3.11. The predicted molar refractivity (Wildman–Crippen MR) is 62.9 cm³/mol. The lowest BCUT2D eigenvalue weighted by molar-refractivity contribution is -0.146. The van der Waals surface area contributed by atoms with Gasteiger partial charge in [0.2, 0.25) is 0 Å². The highest BCUT2D eigenvalue weighted by atomic mass is 32.1. The van der Waals surface area contributed by atoms with Gasteiger partial charge in [-0.15, -0.1) is 11.3 Å². The number of carbonyl (C=O) groups is 2. The molecule has 0 aromatic carbocycles. The second-order valence-corrected chi connectivity index (χ2v) is 4.42. The van der Waals surface area contributed by atoms with Crippen LogP contribution in [0.3, 0.4) is 0 Å². The maximum absolute atomic E-state index is 11.4. The molecule has 0 aliphatic carbocycles. The van der Waals surface area contributed by atoms with Crippen molar-refractivity contribution < 1.29 is 19.8 Å². The van der Waals surface area contributed by atoms with Crippen molar-refractivity contribution in [3.8, 4) is 0 Å². The van der Waals surface area contributed by atoms with Gasteiger partial charge in [0.25, 0.3) is 0 Å². The van der Waals surface area contributed by atoms with Crippen LogP contribution in [-0.2, 0) is 4.79 Å². The number of hydrogen-bond acceptors (Lipinski definition) is 4. The van der Waals surface area contributed by atoms with E-state index in [1.165, 1.54) is 11.3 Å². The van der Waals surface area contributed by atoms with Crippen molar-refractivity contribution in [3.63, 3.8) is 0 Å². The monoisotopic (exact) mass is 258 g/mol. The molecule has 17 heavy (non-hydrogen) atoms. The molecule has 1 aromatic heterocycles. The number of nitrogens with one attached hydrogen (secondary N) is 2. The number of urea groups is 1. The summed E-state index contributed by atoms with van der Waals surface area (Å²) >= 11 is 1.52. The van der Waals surface area contributed by atoms with E-state index >= 15 is 0 Å². The Bertz CT molecular complexity index is 380. The summed E-state index contributed by atoms with van der Waals surface area (Å²) in [6.45, 7) is 1.50. The van der Waals surface area contributed by atoms with E-state index in [1.807, 2.05) is 24.4 Å². The van der Waals surface area contributed by atoms with Crippen molar-refractivity contribution in [3.05, 3.63) is 22.4 Å². The topological polar surface area (TPSA) is 98.7 Å². The fourth-order valence-electron chi connectivity index (χ4n) is 1.13. The lowest BCUT2D eigenvalue weighted by atomic mass is 10.3. The molecule has 2 unspecified atom stereocenters. The van der Waals surface area contributed by atoms with Gasteiger partial charge in [-0.25, -0.2) is 9.59 Å². The van der Waals surface area contributed by atoms with Gasteiger partial charge in [0.05, 0.1) is 12.6 Å².